The van der Waals surface area contributed by atoms with Gasteiger partial charge in [0.2, 0.25) is 0 Å². The summed E-state index contributed by atoms with van der Waals surface area (Å²) in [6.45, 7) is 12.1. The van der Waals surface area contributed by atoms with Crippen molar-refractivity contribution in [2.45, 2.75) is 45.9 Å². The van der Waals surface area contributed by atoms with Gasteiger partial charge in [-0.25, -0.2) is 4.98 Å². The van der Waals surface area contributed by atoms with E-state index >= 15 is 0 Å². The summed E-state index contributed by atoms with van der Waals surface area (Å²) < 4.78 is 5.73. The summed E-state index contributed by atoms with van der Waals surface area (Å²) in [5, 5.41) is 6.66. The molecule has 5 heteroatoms. The molecule has 1 saturated heterocycles. The molecule has 2 heterocycles. The predicted octanol–water partition coefficient (Wildman–Crippen LogP) is 2.26. The standard InChI is InChI=1S/C13H23N3OS/c1-10(2)14-7-11-8-18-12(15-11)16-5-6-17-13(3,4)9-16/h8,10,14H,5-7,9H2,1-4H3. The van der Waals surface area contributed by atoms with Gasteiger partial charge >= 0.3 is 0 Å². The molecule has 0 aliphatic carbocycles. The molecule has 1 aliphatic rings. The Labute approximate surface area is 113 Å². The molecule has 0 amide bonds. The highest BCUT2D eigenvalue weighted by Gasteiger charge is 2.28. The zero-order chi connectivity index (χ0) is 13.2. The lowest BCUT2D eigenvalue weighted by atomic mass is 10.1. The van der Waals surface area contributed by atoms with Gasteiger partial charge in [0, 0.05) is 31.1 Å². The van der Waals surface area contributed by atoms with Crippen molar-refractivity contribution in [2.24, 2.45) is 0 Å². The topological polar surface area (TPSA) is 37.4 Å². The van der Waals surface area contributed by atoms with Crippen LogP contribution in [0.25, 0.3) is 0 Å². The van der Waals surface area contributed by atoms with Gasteiger partial charge in [-0.1, -0.05) is 13.8 Å². The minimum Gasteiger partial charge on any atom is -0.372 e. The van der Waals surface area contributed by atoms with Gasteiger partial charge in [0.1, 0.15) is 0 Å². The van der Waals surface area contributed by atoms with Crippen LogP contribution in [0.4, 0.5) is 5.13 Å². The van der Waals surface area contributed by atoms with Crippen LogP contribution in [-0.2, 0) is 11.3 Å². The summed E-state index contributed by atoms with van der Waals surface area (Å²) >= 11 is 1.73. The Morgan fingerprint density at radius 1 is 1.56 bits per heavy atom. The molecule has 0 unspecified atom stereocenters. The van der Waals surface area contributed by atoms with Crippen molar-refractivity contribution in [1.29, 1.82) is 0 Å². The van der Waals surface area contributed by atoms with E-state index < -0.39 is 0 Å². The Morgan fingerprint density at radius 3 is 3.00 bits per heavy atom. The van der Waals surface area contributed by atoms with E-state index in [9.17, 15) is 0 Å². The van der Waals surface area contributed by atoms with Crippen molar-refractivity contribution in [3.63, 3.8) is 0 Å². The van der Waals surface area contributed by atoms with Crippen molar-refractivity contribution in [3.8, 4) is 0 Å². The highest BCUT2D eigenvalue weighted by Crippen LogP contribution is 2.26. The van der Waals surface area contributed by atoms with E-state index in [0.717, 1.165) is 37.1 Å². The number of thiazole rings is 1. The number of hydrogen-bond acceptors (Lipinski definition) is 5. The lowest BCUT2D eigenvalue weighted by Crippen LogP contribution is -2.48. The summed E-state index contributed by atoms with van der Waals surface area (Å²) in [5.41, 5.74) is 1.06. The van der Waals surface area contributed by atoms with Crippen molar-refractivity contribution in [1.82, 2.24) is 10.3 Å². The molecule has 0 atom stereocenters. The Balaban J connectivity index is 1.97. The van der Waals surface area contributed by atoms with Crippen molar-refractivity contribution in [2.75, 3.05) is 24.6 Å². The zero-order valence-corrected chi connectivity index (χ0v) is 12.5. The minimum absolute atomic E-state index is 0.0692. The fourth-order valence-corrected chi connectivity index (χ4v) is 2.86. The van der Waals surface area contributed by atoms with Gasteiger partial charge < -0.3 is 15.0 Å². The molecule has 0 bridgehead atoms. The maximum Gasteiger partial charge on any atom is 0.185 e. The average molecular weight is 269 g/mol. The fourth-order valence-electron chi connectivity index (χ4n) is 2.01. The summed E-state index contributed by atoms with van der Waals surface area (Å²) in [5.74, 6) is 0. The number of aromatic nitrogens is 1. The summed E-state index contributed by atoms with van der Waals surface area (Å²) in [6.07, 6.45) is 0. The molecule has 1 aliphatic heterocycles. The van der Waals surface area contributed by atoms with Gasteiger partial charge in [-0.3, -0.25) is 0 Å². The first kappa shape index (κ1) is 13.8. The molecule has 18 heavy (non-hydrogen) atoms. The smallest absolute Gasteiger partial charge is 0.185 e. The summed E-state index contributed by atoms with van der Waals surface area (Å²) in [6, 6.07) is 0.498. The largest absolute Gasteiger partial charge is 0.372 e. The van der Waals surface area contributed by atoms with Gasteiger partial charge in [-0.05, 0) is 13.8 Å². The van der Waals surface area contributed by atoms with Crippen LogP contribution in [0.2, 0.25) is 0 Å². The number of ether oxygens (including phenoxy) is 1. The second-order valence-corrected chi connectivity index (χ2v) is 6.52. The first-order valence-electron chi connectivity index (χ1n) is 6.53. The molecule has 1 N–H and O–H groups in total. The number of nitrogens with one attached hydrogen (secondary N) is 1. The lowest BCUT2D eigenvalue weighted by molar-refractivity contribution is -0.0277. The van der Waals surface area contributed by atoms with Crippen LogP contribution in [0.15, 0.2) is 5.38 Å². The maximum atomic E-state index is 5.73. The molecule has 2 rings (SSSR count). The van der Waals surface area contributed by atoms with Gasteiger partial charge in [0.15, 0.2) is 5.13 Å². The number of hydrogen-bond donors (Lipinski definition) is 1. The Hall–Kier alpha value is -0.650. The van der Waals surface area contributed by atoms with Crippen molar-refractivity contribution < 1.29 is 4.74 Å². The predicted molar refractivity (Wildman–Crippen MR) is 76.3 cm³/mol. The quantitative estimate of drug-likeness (QED) is 0.910. The number of nitrogens with zero attached hydrogens (tertiary/aromatic N) is 2. The highest BCUT2D eigenvalue weighted by atomic mass is 32.1. The van der Waals surface area contributed by atoms with Crippen LogP contribution < -0.4 is 10.2 Å². The van der Waals surface area contributed by atoms with Crippen LogP contribution in [-0.4, -0.2) is 36.3 Å². The fraction of sp³-hybridized carbons (Fsp3) is 0.769. The van der Waals surface area contributed by atoms with Crippen LogP contribution in [0.1, 0.15) is 33.4 Å². The van der Waals surface area contributed by atoms with E-state index in [-0.39, 0.29) is 5.60 Å². The third kappa shape index (κ3) is 3.67. The van der Waals surface area contributed by atoms with E-state index in [0.29, 0.717) is 6.04 Å². The second-order valence-electron chi connectivity index (χ2n) is 5.69. The van der Waals surface area contributed by atoms with Crippen LogP contribution in [0.3, 0.4) is 0 Å². The monoisotopic (exact) mass is 269 g/mol. The number of rotatable bonds is 4. The van der Waals surface area contributed by atoms with Gasteiger partial charge in [0.25, 0.3) is 0 Å². The zero-order valence-electron chi connectivity index (χ0n) is 11.7. The Bertz CT molecular complexity index is 389. The molecule has 0 radical (unpaired) electrons. The van der Waals surface area contributed by atoms with Crippen LogP contribution >= 0.6 is 11.3 Å². The molecule has 0 saturated carbocycles. The molecule has 0 spiro atoms. The SMILES string of the molecule is CC(C)NCc1csc(N2CCOC(C)(C)C2)n1. The lowest BCUT2D eigenvalue weighted by Gasteiger charge is -2.37. The van der Waals surface area contributed by atoms with E-state index in [4.69, 9.17) is 9.72 Å². The average Bonchev–Trinajstić information content (AvgIpc) is 2.73. The molecular formula is C13H23N3OS. The van der Waals surface area contributed by atoms with Gasteiger partial charge in [-0.15, -0.1) is 11.3 Å². The maximum absolute atomic E-state index is 5.73. The molecule has 1 aromatic rings. The normalized spacial score (nSPS) is 19.5. The van der Waals surface area contributed by atoms with E-state index in [1.165, 1.54) is 0 Å². The van der Waals surface area contributed by atoms with Crippen molar-refractivity contribution in [3.05, 3.63) is 11.1 Å². The Morgan fingerprint density at radius 2 is 2.33 bits per heavy atom. The Kier molecular flexibility index (Phi) is 4.25. The molecule has 102 valence electrons. The number of anilines is 1. The minimum atomic E-state index is -0.0692. The van der Waals surface area contributed by atoms with Crippen LogP contribution in [0, 0.1) is 0 Å². The molecule has 1 aromatic heterocycles. The van der Waals surface area contributed by atoms with Crippen molar-refractivity contribution >= 4 is 16.5 Å². The first-order chi connectivity index (χ1) is 8.46. The molecular weight excluding hydrogens is 246 g/mol. The molecule has 1 fully saturated rings. The first-order valence-corrected chi connectivity index (χ1v) is 7.41. The van der Waals surface area contributed by atoms with E-state index in [2.05, 4.69) is 43.3 Å². The number of morpholine rings is 1. The van der Waals surface area contributed by atoms with Gasteiger partial charge in [-0.2, -0.15) is 0 Å². The molecule has 4 nitrogen and oxygen atoms in total. The highest BCUT2D eigenvalue weighted by molar-refractivity contribution is 7.13. The summed E-state index contributed by atoms with van der Waals surface area (Å²) in [7, 11) is 0. The third-order valence-corrected chi connectivity index (χ3v) is 3.88. The molecule has 0 aromatic carbocycles. The second kappa shape index (κ2) is 5.55. The van der Waals surface area contributed by atoms with Gasteiger partial charge in [0.05, 0.1) is 17.9 Å². The summed E-state index contributed by atoms with van der Waals surface area (Å²) in [4.78, 5) is 7.02. The van der Waals surface area contributed by atoms with Crippen LogP contribution in [0.5, 0.6) is 0 Å². The third-order valence-electron chi connectivity index (χ3n) is 2.93. The van der Waals surface area contributed by atoms with E-state index in [1.54, 1.807) is 11.3 Å². The van der Waals surface area contributed by atoms with E-state index in [1.807, 2.05) is 0 Å².